The highest BCUT2D eigenvalue weighted by Gasteiger charge is 2.23. The lowest BCUT2D eigenvalue weighted by molar-refractivity contribution is -0.131. The van der Waals surface area contributed by atoms with Gasteiger partial charge in [-0.25, -0.2) is 0 Å². The molecule has 2 aliphatic heterocycles. The Hall–Kier alpha value is -1.66. The number of benzene rings is 2. The zero-order valence-electron chi connectivity index (χ0n) is 21.5. The summed E-state index contributed by atoms with van der Waals surface area (Å²) < 4.78 is 0. The number of nitrogens with one attached hydrogen (secondary N) is 2. The predicted molar refractivity (Wildman–Crippen MR) is 149 cm³/mol. The minimum Gasteiger partial charge on any atom is -0.342 e. The largest absolute Gasteiger partial charge is 0.342 e. The van der Waals surface area contributed by atoms with Crippen molar-refractivity contribution in [3.63, 3.8) is 0 Å². The predicted octanol–water partition coefficient (Wildman–Crippen LogP) is 4.49. The SMILES string of the molecule is CN1CCCCC1CNCCCCNCC1CCN(C(=O)Cc2cccc3ccccc23)CC1.Cl. The Balaban J connectivity index is 0.00000342. The Bertz CT molecular complexity index is 894. The number of amides is 1. The van der Waals surface area contributed by atoms with Crippen molar-refractivity contribution in [2.45, 2.75) is 57.4 Å². The number of nitrogens with zero attached hydrogens (tertiary/aromatic N) is 2. The van der Waals surface area contributed by atoms with Crippen LogP contribution in [-0.4, -0.2) is 74.6 Å². The highest BCUT2D eigenvalue weighted by molar-refractivity contribution is 5.90. The van der Waals surface area contributed by atoms with Crippen LogP contribution in [0.25, 0.3) is 10.8 Å². The van der Waals surface area contributed by atoms with E-state index in [0.29, 0.717) is 12.3 Å². The summed E-state index contributed by atoms with van der Waals surface area (Å²) in [7, 11) is 2.26. The molecule has 5 nitrogen and oxygen atoms in total. The van der Waals surface area contributed by atoms with E-state index in [1.165, 1.54) is 49.4 Å². The second-order valence-corrected chi connectivity index (χ2v) is 10.4. The molecule has 2 aromatic carbocycles. The molecule has 0 aromatic heterocycles. The van der Waals surface area contributed by atoms with E-state index in [-0.39, 0.29) is 18.3 Å². The van der Waals surface area contributed by atoms with Gasteiger partial charge in [0.05, 0.1) is 6.42 Å². The van der Waals surface area contributed by atoms with Crippen LogP contribution in [0.5, 0.6) is 0 Å². The number of fused-ring (bicyclic) bond motifs is 1. The van der Waals surface area contributed by atoms with Crippen LogP contribution >= 0.6 is 12.4 Å². The lowest BCUT2D eigenvalue weighted by Crippen LogP contribution is -2.43. The first-order chi connectivity index (χ1) is 16.7. The number of piperidine rings is 2. The van der Waals surface area contributed by atoms with Crippen LogP contribution < -0.4 is 10.6 Å². The van der Waals surface area contributed by atoms with Crippen molar-refractivity contribution in [1.29, 1.82) is 0 Å². The number of halogens is 1. The van der Waals surface area contributed by atoms with Gasteiger partial charge in [-0.05, 0) is 94.0 Å². The number of likely N-dealkylation sites (tertiary alicyclic amines) is 2. The summed E-state index contributed by atoms with van der Waals surface area (Å²) in [4.78, 5) is 17.5. The number of hydrogen-bond acceptors (Lipinski definition) is 4. The maximum absolute atomic E-state index is 12.9. The lowest BCUT2D eigenvalue weighted by Gasteiger charge is -2.32. The van der Waals surface area contributed by atoms with Gasteiger partial charge in [0.25, 0.3) is 0 Å². The van der Waals surface area contributed by atoms with Gasteiger partial charge in [-0.1, -0.05) is 48.9 Å². The molecule has 2 heterocycles. The van der Waals surface area contributed by atoms with Crippen LogP contribution in [-0.2, 0) is 11.2 Å². The highest BCUT2D eigenvalue weighted by atomic mass is 35.5. The molecule has 1 atom stereocenters. The Morgan fingerprint density at radius 3 is 2.37 bits per heavy atom. The zero-order chi connectivity index (χ0) is 23.6. The quantitative estimate of drug-likeness (QED) is 0.446. The van der Waals surface area contributed by atoms with E-state index in [1.54, 1.807) is 0 Å². The Labute approximate surface area is 218 Å². The van der Waals surface area contributed by atoms with Crippen molar-refractivity contribution in [3.05, 3.63) is 48.0 Å². The first kappa shape index (κ1) is 27.9. The summed E-state index contributed by atoms with van der Waals surface area (Å²) in [6, 6.07) is 15.4. The fourth-order valence-corrected chi connectivity index (χ4v) is 5.58. The van der Waals surface area contributed by atoms with E-state index in [0.717, 1.165) is 63.7 Å². The van der Waals surface area contributed by atoms with Crippen molar-refractivity contribution in [1.82, 2.24) is 20.4 Å². The summed E-state index contributed by atoms with van der Waals surface area (Å²) >= 11 is 0. The van der Waals surface area contributed by atoms with E-state index in [1.807, 2.05) is 0 Å². The van der Waals surface area contributed by atoms with Crippen molar-refractivity contribution in [2.24, 2.45) is 5.92 Å². The molecule has 1 unspecified atom stereocenters. The number of carbonyl (C=O) groups is 1. The van der Waals surface area contributed by atoms with Gasteiger partial charge >= 0.3 is 0 Å². The average molecular weight is 501 g/mol. The second-order valence-electron chi connectivity index (χ2n) is 10.4. The summed E-state index contributed by atoms with van der Waals surface area (Å²) in [6.07, 6.45) is 9.31. The molecule has 6 heteroatoms. The van der Waals surface area contributed by atoms with Crippen molar-refractivity contribution >= 4 is 29.1 Å². The molecule has 2 aromatic rings. The molecule has 1 amide bonds. The van der Waals surface area contributed by atoms with Crippen molar-refractivity contribution in [3.8, 4) is 0 Å². The minimum absolute atomic E-state index is 0. The fraction of sp³-hybridized carbons (Fsp3) is 0.621. The molecular weight excluding hydrogens is 456 g/mol. The van der Waals surface area contributed by atoms with Gasteiger partial charge in [-0.3, -0.25) is 4.79 Å². The second kappa shape index (κ2) is 14.8. The third-order valence-corrected chi connectivity index (χ3v) is 7.88. The molecule has 194 valence electrons. The first-order valence-corrected chi connectivity index (χ1v) is 13.6. The summed E-state index contributed by atoms with van der Waals surface area (Å²) in [5, 5.41) is 9.74. The third kappa shape index (κ3) is 8.45. The molecule has 0 aliphatic carbocycles. The molecular formula is C29H45ClN4O. The molecule has 2 N–H and O–H groups in total. The maximum Gasteiger partial charge on any atom is 0.227 e. The van der Waals surface area contributed by atoms with Gasteiger partial charge in [0.2, 0.25) is 5.91 Å². The van der Waals surface area contributed by atoms with E-state index < -0.39 is 0 Å². The van der Waals surface area contributed by atoms with Gasteiger partial charge in [0, 0.05) is 25.7 Å². The van der Waals surface area contributed by atoms with Crippen molar-refractivity contribution in [2.75, 3.05) is 52.9 Å². The summed E-state index contributed by atoms with van der Waals surface area (Å²) in [5.41, 5.74) is 1.15. The van der Waals surface area contributed by atoms with E-state index in [2.05, 4.69) is 69.9 Å². The average Bonchev–Trinajstić information content (AvgIpc) is 2.87. The first-order valence-electron chi connectivity index (χ1n) is 13.6. The molecule has 2 aliphatic rings. The topological polar surface area (TPSA) is 47.6 Å². The molecule has 2 fully saturated rings. The molecule has 2 saturated heterocycles. The van der Waals surface area contributed by atoms with Gasteiger partial charge < -0.3 is 20.4 Å². The van der Waals surface area contributed by atoms with Gasteiger partial charge in [-0.15, -0.1) is 12.4 Å². The minimum atomic E-state index is 0. The molecule has 0 bridgehead atoms. The number of rotatable bonds is 11. The summed E-state index contributed by atoms with van der Waals surface area (Å²) in [6.45, 7) is 7.51. The van der Waals surface area contributed by atoms with E-state index in [9.17, 15) is 4.79 Å². The van der Waals surface area contributed by atoms with Crippen LogP contribution in [0.15, 0.2) is 42.5 Å². The van der Waals surface area contributed by atoms with Crippen LogP contribution in [0.4, 0.5) is 0 Å². The Morgan fingerprint density at radius 2 is 1.60 bits per heavy atom. The smallest absolute Gasteiger partial charge is 0.227 e. The molecule has 35 heavy (non-hydrogen) atoms. The third-order valence-electron chi connectivity index (χ3n) is 7.88. The van der Waals surface area contributed by atoms with E-state index >= 15 is 0 Å². The van der Waals surface area contributed by atoms with Gasteiger partial charge in [-0.2, -0.15) is 0 Å². The molecule has 0 radical (unpaired) electrons. The van der Waals surface area contributed by atoms with Crippen LogP contribution in [0.2, 0.25) is 0 Å². The molecule has 4 rings (SSSR count). The standard InChI is InChI=1S/C29H44N4O.ClH/c1-32-18-7-4-12-27(32)23-31-17-6-5-16-30-22-24-14-19-33(20-15-24)29(34)21-26-11-8-10-25-9-2-3-13-28(25)26;/h2-3,8-11,13,24,27,30-31H,4-7,12,14-23H2,1H3;1H. The number of carbonyl (C=O) groups excluding carboxylic acids is 1. The Kier molecular flexibility index (Phi) is 11.8. The van der Waals surface area contributed by atoms with Gasteiger partial charge in [0.15, 0.2) is 0 Å². The number of likely N-dealkylation sites (N-methyl/N-ethyl adjacent to an activating group) is 1. The lowest BCUT2D eigenvalue weighted by atomic mass is 9.95. The molecule has 0 saturated carbocycles. The summed E-state index contributed by atoms with van der Waals surface area (Å²) in [5.74, 6) is 0.969. The van der Waals surface area contributed by atoms with Crippen LogP contribution in [0.3, 0.4) is 0 Å². The number of unbranched alkanes of at least 4 members (excludes halogenated alkanes) is 1. The van der Waals surface area contributed by atoms with Gasteiger partial charge in [0.1, 0.15) is 0 Å². The van der Waals surface area contributed by atoms with Crippen LogP contribution in [0.1, 0.15) is 50.5 Å². The zero-order valence-corrected chi connectivity index (χ0v) is 22.3. The van der Waals surface area contributed by atoms with E-state index in [4.69, 9.17) is 0 Å². The number of hydrogen-bond donors (Lipinski definition) is 2. The maximum atomic E-state index is 12.9. The highest BCUT2D eigenvalue weighted by Crippen LogP contribution is 2.22. The normalized spacial score (nSPS) is 19.6. The molecule has 0 spiro atoms. The Morgan fingerprint density at radius 1 is 0.886 bits per heavy atom. The monoisotopic (exact) mass is 500 g/mol. The van der Waals surface area contributed by atoms with Crippen LogP contribution in [0, 0.1) is 5.92 Å². The van der Waals surface area contributed by atoms with Crippen molar-refractivity contribution < 1.29 is 4.79 Å². The fourth-order valence-electron chi connectivity index (χ4n) is 5.58.